The third kappa shape index (κ3) is 4.63. The van der Waals surface area contributed by atoms with Crippen LogP contribution in [0.4, 0.5) is 5.69 Å². The van der Waals surface area contributed by atoms with E-state index in [0.29, 0.717) is 0 Å². The Morgan fingerprint density at radius 1 is 1.26 bits per heavy atom. The molecule has 1 aromatic rings. The second kappa shape index (κ2) is 7.42. The number of nitrogens with one attached hydrogen (secondary N) is 1. The summed E-state index contributed by atoms with van der Waals surface area (Å²) in [5, 5.41) is 3.50. The Labute approximate surface area is 117 Å². The number of para-hydroxylation sites is 1. The molecule has 0 aliphatic carbocycles. The van der Waals surface area contributed by atoms with Gasteiger partial charge in [-0.1, -0.05) is 55.7 Å². The van der Waals surface area contributed by atoms with Crippen LogP contribution in [-0.2, 0) is 0 Å². The van der Waals surface area contributed by atoms with Crippen molar-refractivity contribution in [2.45, 2.75) is 26.8 Å². The van der Waals surface area contributed by atoms with Gasteiger partial charge < -0.3 is 5.32 Å². The standard InChI is InChI=1S/C18H23N/c1-6-10-17(7-2)15(4)13-16(5)19-18-12-9-8-11-14(18)3/h6-13,16,19H,1-2H2,3-5H3/b15-13+,17-10+. The lowest BCUT2D eigenvalue weighted by atomic mass is 10.0. The second-order valence-electron chi connectivity index (χ2n) is 4.66. The molecule has 0 amide bonds. The second-order valence-corrected chi connectivity index (χ2v) is 4.66. The first-order valence-electron chi connectivity index (χ1n) is 6.54. The van der Waals surface area contributed by atoms with Crippen LogP contribution in [0.5, 0.6) is 0 Å². The predicted molar refractivity (Wildman–Crippen MR) is 86.5 cm³/mol. The molecular formula is C18H23N. The van der Waals surface area contributed by atoms with Gasteiger partial charge in [-0.15, -0.1) is 0 Å². The summed E-state index contributed by atoms with van der Waals surface area (Å²) in [5.74, 6) is 0. The lowest BCUT2D eigenvalue weighted by molar-refractivity contribution is 0.982. The van der Waals surface area contributed by atoms with Crippen molar-refractivity contribution >= 4 is 5.69 Å². The van der Waals surface area contributed by atoms with Gasteiger partial charge in [0.05, 0.1) is 0 Å². The quantitative estimate of drug-likeness (QED) is 0.700. The van der Waals surface area contributed by atoms with Crippen LogP contribution in [0.3, 0.4) is 0 Å². The van der Waals surface area contributed by atoms with Crippen molar-refractivity contribution in [3.05, 3.63) is 78.4 Å². The van der Waals surface area contributed by atoms with Gasteiger partial charge in [-0.05, 0) is 43.5 Å². The molecule has 19 heavy (non-hydrogen) atoms. The molecule has 0 aromatic heterocycles. The molecule has 0 spiro atoms. The van der Waals surface area contributed by atoms with E-state index in [0.717, 1.165) is 5.57 Å². The molecule has 0 bridgehead atoms. The Balaban J connectivity index is 2.82. The molecule has 1 heteroatoms. The third-order valence-corrected chi connectivity index (χ3v) is 3.00. The summed E-state index contributed by atoms with van der Waals surface area (Å²) in [6.45, 7) is 13.9. The first-order chi connectivity index (χ1) is 9.08. The van der Waals surface area contributed by atoms with Crippen molar-refractivity contribution in [2.24, 2.45) is 0 Å². The summed E-state index contributed by atoms with van der Waals surface area (Å²) in [7, 11) is 0. The van der Waals surface area contributed by atoms with Gasteiger partial charge >= 0.3 is 0 Å². The summed E-state index contributed by atoms with van der Waals surface area (Å²) >= 11 is 0. The smallest absolute Gasteiger partial charge is 0.0422 e. The maximum absolute atomic E-state index is 3.83. The summed E-state index contributed by atoms with van der Waals surface area (Å²) in [5.41, 5.74) is 4.73. The van der Waals surface area contributed by atoms with Crippen LogP contribution in [0.2, 0.25) is 0 Å². The summed E-state index contributed by atoms with van der Waals surface area (Å²) in [4.78, 5) is 0. The van der Waals surface area contributed by atoms with Gasteiger partial charge in [-0.3, -0.25) is 0 Å². The fourth-order valence-corrected chi connectivity index (χ4v) is 1.98. The highest BCUT2D eigenvalue weighted by Crippen LogP contribution is 2.17. The van der Waals surface area contributed by atoms with Gasteiger partial charge in [0, 0.05) is 11.7 Å². The number of hydrogen-bond donors (Lipinski definition) is 1. The number of benzene rings is 1. The van der Waals surface area contributed by atoms with Crippen LogP contribution in [0.15, 0.2) is 72.9 Å². The number of allylic oxidation sites excluding steroid dienone is 5. The molecule has 0 fully saturated rings. The zero-order valence-electron chi connectivity index (χ0n) is 12.1. The average molecular weight is 253 g/mol. The van der Waals surface area contributed by atoms with E-state index in [1.165, 1.54) is 16.8 Å². The minimum absolute atomic E-state index is 0.259. The van der Waals surface area contributed by atoms with Gasteiger partial charge in [-0.25, -0.2) is 0 Å². The van der Waals surface area contributed by atoms with Crippen molar-refractivity contribution < 1.29 is 0 Å². The molecule has 1 N–H and O–H groups in total. The molecule has 1 atom stereocenters. The van der Waals surface area contributed by atoms with Crippen LogP contribution in [-0.4, -0.2) is 6.04 Å². The van der Waals surface area contributed by atoms with E-state index < -0.39 is 0 Å². The van der Waals surface area contributed by atoms with E-state index in [4.69, 9.17) is 0 Å². The Morgan fingerprint density at radius 2 is 1.95 bits per heavy atom. The van der Waals surface area contributed by atoms with E-state index in [1.807, 2.05) is 18.2 Å². The van der Waals surface area contributed by atoms with Gasteiger partial charge in [0.25, 0.3) is 0 Å². The summed E-state index contributed by atoms with van der Waals surface area (Å²) in [6, 6.07) is 8.57. The fourth-order valence-electron chi connectivity index (χ4n) is 1.98. The molecule has 0 aliphatic rings. The lowest BCUT2D eigenvalue weighted by Gasteiger charge is -2.15. The maximum Gasteiger partial charge on any atom is 0.0422 e. The highest BCUT2D eigenvalue weighted by molar-refractivity contribution is 5.52. The summed E-state index contributed by atoms with van der Waals surface area (Å²) in [6.07, 6.45) is 7.81. The minimum Gasteiger partial charge on any atom is -0.379 e. The lowest BCUT2D eigenvalue weighted by Crippen LogP contribution is -2.13. The van der Waals surface area contributed by atoms with Crippen molar-refractivity contribution in [1.82, 2.24) is 0 Å². The molecule has 1 unspecified atom stereocenters. The van der Waals surface area contributed by atoms with Crippen LogP contribution in [0.1, 0.15) is 19.4 Å². The van der Waals surface area contributed by atoms with Gasteiger partial charge in [0.15, 0.2) is 0 Å². The molecule has 0 aliphatic heterocycles. The van der Waals surface area contributed by atoms with Crippen LogP contribution >= 0.6 is 0 Å². The Kier molecular flexibility index (Phi) is 5.87. The molecule has 0 saturated heterocycles. The van der Waals surface area contributed by atoms with Crippen molar-refractivity contribution in [3.8, 4) is 0 Å². The van der Waals surface area contributed by atoms with Gasteiger partial charge in [0.1, 0.15) is 0 Å². The van der Waals surface area contributed by atoms with Crippen molar-refractivity contribution in [1.29, 1.82) is 0 Å². The molecule has 100 valence electrons. The topological polar surface area (TPSA) is 12.0 Å². The van der Waals surface area contributed by atoms with Crippen molar-refractivity contribution in [2.75, 3.05) is 5.32 Å². The highest BCUT2D eigenvalue weighted by Gasteiger charge is 2.02. The largest absolute Gasteiger partial charge is 0.379 e. The molecule has 0 radical (unpaired) electrons. The van der Waals surface area contributed by atoms with E-state index in [-0.39, 0.29) is 6.04 Å². The Bertz CT molecular complexity index is 506. The Hall–Kier alpha value is -2.02. The van der Waals surface area contributed by atoms with Gasteiger partial charge in [0.2, 0.25) is 0 Å². The first kappa shape index (κ1) is 15.0. The normalized spacial score (nSPS) is 13.8. The SMILES string of the molecule is C=C/C=C(C=C)/C(C)=C/C(C)Nc1ccccc1C. The molecule has 1 nitrogen and oxygen atoms in total. The highest BCUT2D eigenvalue weighted by atomic mass is 14.9. The van der Waals surface area contributed by atoms with E-state index in [9.17, 15) is 0 Å². The number of anilines is 1. The maximum atomic E-state index is 3.83. The van der Waals surface area contributed by atoms with Crippen LogP contribution in [0, 0.1) is 6.92 Å². The minimum atomic E-state index is 0.259. The molecule has 0 heterocycles. The number of aryl methyl sites for hydroxylation is 1. The number of hydrogen-bond acceptors (Lipinski definition) is 1. The molecular weight excluding hydrogens is 230 g/mol. The monoisotopic (exact) mass is 253 g/mol. The fraction of sp³-hybridized carbons (Fsp3) is 0.222. The van der Waals surface area contributed by atoms with Gasteiger partial charge in [-0.2, -0.15) is 0 Å². The molecule has 1 rings (SSSR count). The van der Waals surface area contributed by atoms with Crippen molar-refractivity contribution in [3.63, 3.8) is 0 Å². The van der Waals surface area contributed by atoms with E-state index in [1.54, 1.807) is 6.08 Å². The van der Waals surface area contributed by atoms with E-state index >= 15 is 0 Å². The third-order valence-electron chi connectivity index (χ3n) is 3.00. The zero-order valence-corrected chi connectivity index (χ0v) is 12.1. The average Bonchev–Trinajstić information content (AvgIpc) is 2.38. The van der Waals surface area contributed by atoms with E-state index in [2.05, 4.69) is 63.5 Å². The first-order valence-corrected chi connectivity index (χ1v) is 6.54. The molecule has 1 aromatic carbocycles. The number of rotatable bonds is 6. The zero-order chi connectivity index (χ0) is 14.3. The van der Waals surface area contributed by atoms with Crippen LogP contribution in [0.25, 0.3) is 0 Å². The van der Waals surface area contributed by atoms with Crippen LogP contribution < -0.4 is 5.32 Å². The summed E-state index contributed by atoms with van der Waals surface area (Å²) < 4.78 is 0. The molecule has 0 saturated carbocycles. The Morgan fingerprint density at radius 3 is 2.53 bits per heavy atom. The predicted octanol–water partition coefficient (Wildman–Crippen LogP) is 5.04.